The fraction of sp³-hybridized carbons (Fsp3) is 0.105. The maximum atomic E-state index is 6.26. The summed E-state index contributed by atoms with van der Waals surface area (Å²) in [6.45, 7) is 2.10. The van der Waals surface area contributed by atoms with E-state index >= 15 is 0 Å². The number of allylic oxidation sites excluding steroid dienone is 4. The molecule has 3 aliphatic rings. The number of benzene rings is 1. The number of hydrogen-bond acceptors (Lipinski definition) is 0. The minimum absolute atomic E-state index is 0. The SMILES string of the molecule is Cc1cc2c[c-](Cl)n(-c3ccccc3)c-2c1.[C-]1=CC=CC1.[Cl-].[Cl-].[Zr+4]. The van der Waals surface area contributed by atoms with E-state index in [1.165, 1.54) is 16.8 Å². The van der Waals surface area contributed by atoms with Crippen LogP contribution in [0.2, 0.25) is 5.15 Å². The van der Waals surface area contributed by atoms with Gasteiger partial charge in [-0.25, -0.2) is 12.2 Å². The Morgan fingerprint density at radius 1 is 1.12 bits per heavy atom. The standard InChI is InChI=1S/C14H11ClN.C5H5.2ClH.Zr/c1-10-7-11-9-14(15)16(13(11)8-10)12-5-3-2-4-6-12;1-2-4-5-3-1;;;/h2-9H,1H3;1-3H,4H2;2*1H;/q2*-1;;;+4/p-2. The number of nitrogens with zero attached hydrogens (tertiary/aromatic N) is 1. The van der Waals surface area contributed by atoms with E-state index in [1.807, 2.05) is 36.4 Å². The van der Waals surface area contributed by atoms with Crippen molar-refractivity contribution in [1.82, 2.24) is 4.57 Å². The van der Waals surface area contributed by atoms with Crippen LogP contribution in [-0.4, -0.2) is 4.57 Å². The van der Waals surface area contributed by atoms with Gasteiger partial charge in [0.1, 0.15) is 0 Å². The molecule has 0 amide bonds. The Morgan fingerprint density at radius 3 is 2.38 bits per heavy atom. The van der Waals surface area contributed by atoms with E-state index < -0.39 is 0 Å². The molecule has 24 heavy (non-hydrogen) atoms. The summed E-state index contributed by atoms with van der Waals surface area (Å²) in [5.74, 6) is 0. The predicted molar refractivity (Wildman–Crippen MR) is 89.3 cm³/mol. The van der Waals surface area contributed by atoms with Crippen LogP contribution in [0.4, 0.5) is 0 Å². The molecule has 0 radical (unpaired) electrons. The molecule has 5 heteroatoms. The second-order valence-corrected chi connectivity index (χ2v) is 5.40. The molecule has 0 saturated heterocycles. The van der Waals surface area contributed by atoms with E-state index in [1.54, 1.807) is 0 Å². The van der Waals surface area contributed by atoms with Crippen molar-refractivity contribution < 1.29 is 51.0 Å². The minimum atomic E-state index is 0. The fourth-order valence-electron chi connectivity index (χ4n) is 2.46. The van der Waals surface area contributed by atoms with Gasteiger partial charge in [-0.05, 0) is 12.6 Å². The fourth-order valence-corrected chi connectivity index (χ4v) is 2.76. The van der Waals surface area contributed by atoms with Crippen LogP contribution in [0.1, 0.15) is 12.0 Å². The van der Waals surface area contributed by atoms with Crippen molar-refractivity contribution in [2.45, 2.75) is 13.3 Å². The first kappa shape index (κ1) is 23.3. The third-order valence-electron chi connectivity index (χ3n) is 3.37. The third kappa shape index (κ3) is 5.43. The van der Waals surface area contributed by atoms with Gasteiger partial charge in [-0.15, -0.1) is 35.7 Å². The average Bonchev–Trinajstić information content (AvgIpc) is 3.18. The molecule has 4 rings (SSSR count). The number of halogens is 3. The molecule has 1 aromatic carbocycles. The van der Waals surface area contributed by atoms with Crippen molar-refractivity contribution in [2.75, 3.05) is 0 Å². The summed E-state index contributed by atoms with van der Waals surface area (Å²) in [4.78, 5) is 0. The molecular weight excluding hydrogens is 440 g/mol. The molecule has 0 aromatic heterocycles. The molecule has 0 fully saturated rings. The normalized spacial score (nSPS) is 11.1. The maximum Gasteiger partial charge on any atom is 4.00 e. The smallest absolute Gasteiger partial charge is 1.00 e. The summed E-state index contributed by atoms with van der Waals surface area (Å²) in [6.07, 6.45) is 10.0. The molecule has 1 heterocycles. The molecule has 0 N–H and O–H groups in total. The molecule has 0 bridgehead atoms. The van der Waals surface area contributed by atoms with E-state index in [4.69, 9.17) is 11.6 Å². The number of aryl methyl sites for hydroxylation is 1. The van der Waals surface area contributed by atoms with Crippen molar-refractivity contribution in [3.8, 4) is 16.9 Å². The summed E-state index contributed by atoms with van der Waals surface area (Å²) in [5.41, 5.74) is 4.75. The number of fused-ring (bicyclic) bond motifs is 1. The van der Waals surface area contributed by atoms with Gasteiger partial charge < -0.3 is 29.4 Å². The van der Waals surface area contributed by atoms with Crippen LogP contribution in [0, 0.1) is 13.0 Å². The van der Waals surface area contributed by atoms with Crippen LogP contribution in [0.15, 0.2) is 66.8 Å². The summed E-state index contributed by atoms with van der Waals surface area (Å²) in [5, 5.41) is 0.760. The molecule has 2 aliphatic carbocycles. The molecule has 0 atom stereocenters. The van der Waals surface area contributed by atoms with E-state index in [9.17, 15) is 0 Å². The van der Waals surface area contributed by atoms with E-state index in [2.05, 4.69) is 47.9 Å². The number of rotatable bonds is 1. The molecule has 1 aromatic rings. The quantitative estimate of drug-likeness (QED) is 0.439. The molecule has 0 saturated carbocycles. The zero-order chi connectivity index (χ0) is 14.7. The van der Waals surface area contributed by atoms with Crippen molar-refractivity contribution in [3.05, 3.63) is 83.6 Å². The topological polar surface area (TPSA) is 4.93 Å². The van der Waals surface area contributed by atoms with Crippen LogP contribution in [0.25, 0.3) is 16.9 Å². The van der Waals surface area contributed by atoms with Gasteiger partial charge in [0.2, 0.25) is 0 Å². The monoisotopic (exact) mass is 453 g/mol. The second-order valence-electron chi connectivity index (χ2n) is 5.01. The Bertz CT molecular complexity index is 746. The Balaban J connectivity index is 0.000000578. The van der Waals surface area contributed by atoms with Crippen LogP contribution in [-0.2, 0) is 26.2 Å². The molecule has 0 spiro atoms. The van der Waals surface area contributed by atoms with Crippen LogP contribution in [0.3, 0.4) is 0 Å². The predicted octanol–water partition coefficient (Wildman–Crippen LogP) is -0.426. The molecule has 122 valence electrons. The minimum Gasteiger partial charge on any atom is -1.00 e. The zero-order valence-electron chi connectivity index (χ0n) is 13.1. The molecule has 1 aliphatic heterocycles. The third-order valence-corrected chi connectivity index (χ3v) is 3.65. The Morgan fingerprint density at radius 2 is 1.83 bits per heavy atom. The number of aromatic nitrogens is 1. The van der Waals surface area contributed by atoms with Crippen molar-refractivity contribution >= 4 is 11.6 Å². The van der Waals surface area contributed by atoms with Gasteiger partial charge in [0.15, 0.2) is 0 Å². The Kier molecular flexibility index (Phi) is 10.8. The van der Waals surface area contributed by atoms with Gasteiger partial charge >= 0.3 is 26.2 Å². The maximum absolute atomic E-state index is 6.26. The molecular formula is C19H16Cl3NZr. The van der Waals surface area contributed by atoms with Crippen molar-refractivity contribution in [1.29, 1.82) is 0 Å². The summed E-state index contributed by atoms with van der Waals surface area (Å²) in [7, 11) is 0. The summed E-state index contributed by atoms with van der Waals surface area (Å²) >= 11 is 6.26. The average molecular weight is 456 g/mol. The number of para-hydroxylation sites is 1. The van der Waals surface area contributed by atoms with Gasteiger partial charge in [-0.2, -0.15) is 6.08 Å². The Hall–Kier alpha value is -0.657. The Labute approximate surface area is 180 Å². The van der Waals surface area contributed by atoms with Crippen LogP contribution < -0.4 is 24.8 Å². The van der Waals surface area contributed by atoms with E-state index in [0.717, 1.165) is 17.3 Å². The van der Waals surface area contributed by atoms with Crippen molar-refractivity contribution in [3.63, 3.8) is 0 Å². The first-order chi connectivity index (χ1) is 10.3. The van der Waals surface area contributed by atoms with Crippen LogP contribution in [0.5, 0.6) is 0 Å². The van der Waals surface area contributed by atoms with E-state index in [-0.39, 0.29) is 51.0 Å². The summed E-state index contributed by atoms with van der Waals surface area (Å²) < 4.78 is 2.07. The van der Waals surface area contributed by atoms with Crippen molar-refractivity contribution in [2.24, 2.45) is 0 Å². The van der Waals surface area contributed by atoms with Crippen LogP contribution >= 0.6 is 11.6 Å². The first-order valence-corrected chi connectivity index (χ1v) is 7.35. The van der Waals surface area contributed by atoms with Gasteiger partial charge in [0, 0.05) is 5.15 Å². The number of hydrogen-bond donors (Lipinski definition) is 0. The largest absolute Gasteiger partial charge is 4.00 e. The van der Waals surface area contributed by atoms with E-state index in [0.29, 0.717) is 0 Å². The zero-order valence-corrected chi connectivity index (χ0v) is 17.9. The van der Waals surface area contributed by atoms with Gasteiger partial charge in [-0.3, -0.25) is 6.08 Å². The summed E-state index contributed by atoms with van der Waals surface area (Å²) in [6, 6.07) is 16.5. The van der Waals surface area contributed by atoms with Gasteiger partial charge in [-0.1, -0.05) is 47.7 Å². The molecule has 1 nitrogen and oxygen atoms in total. The first-order valence-electron chi connectivity index (χ1n) is 6.97. The second kappa shape index (κ2) is 11.1. The molecule has 0 unspecified atom stereocenters. The van der Waals surface area contributed by atoms with Gasteiger partial charge in [0.05, 0.1) is 0 Å². The van der Waals surface area contributed by atoms with Gasteiger partial charge in [0.25, 0.3) is 0 Å².